The summed E-state index contributed by atoms with van der Waals surface area (Å²) in [4.78, 5) is 47.4. The Hall–Kier alpha value is -4.40. The molecular formula is C34H40N4O5. The fourth-order valence-electron chi connectivity index (χ4n) is 6.11. The summed E-state index contributed by atoms with van der Waals surface area (Å²) in [6.45, 7) is 6.56. The van der Waals surface area contributed by atoms with Crippen molar-refractivity contribution in [3.8, 4) is 11.3 Å². The van der Waals surface area contributed by atoms with E-state index in [0.717, 1.165) is 36.0 Å². The molecule has 2 atom stereocenters. The number of imidazole rings is 1. The fourth-order valence-corrected chi connectivity index (χ4v) is 6.11. The predicted molar refractivity (Wildman–Crippen MR) is 164 cm³/mol. The first-order valence-electron chi connectivity index (χ1n) is 15.0. The van der Waals surface area contributed by atoms with Crippen LogP contribution in [0.4, 0.5) is 4.79 Å². The van der Waals surface area contributed by atoms with Crippen molar-refractivity contribution in [1.29, 1.82) is 0 Å². The van der Waals surface area contributed by atoms with Gasteiger partial charge in [0, 0.05) is 31.3 Å². The van der Waals surface area contributed by atoms with E-state index >= 15 is 0 Å². The zero-order valence-corrected chi connectivity index (χ0v) is 25.1. The van der Waals surface area contributed by atoms with Crippen molar-refractivity contribution in [2.45, 2.75) is 70.6 Å². The van der Waals surface area contributed by atoms with Gasteiger partial charge in [-0.3, -0.25) is 4.79 Å². The third kappa shape index (κ3) is 7.16. The molecule has 2 amide bonds. The second-order valence-electron chi connectivity index (χ2n) is 12.3. The van der Waals surface area contributed by atoms with Gasteiger partial charge in [-0.05, 0) is 57.6 Å². The van der Waals surface area contributed by atoms with Gasteiger partial charge in [0.15, 0.2) is 5.69 Å². The molecule has 2 aliphatic rings. The monoisotopic (exact) mass is 584 g/mol. The quantitative estimate of drug-likeness (QED) is 0.358. The molecule has 9 heteroatoms. The highest BCUT2D eigenvalue weighted by atomic mass is 16.6. The van der Waals surface area contributed by atoms with E-state index in [-0.39, 0.29) is 24.1 Å². The van der Waals surface area contributed by atoms with Crippen LogP contribution < -0.4 is 0 Å². The van der Waals surface area contributed by atoms with Crippen LogP contribution in [0.25, 0.3) is 11.3 Å². The van der Waals surface area contributed by atoms with Crippen molar-refractivity contribution in [1.82, 2.24) is 19.4 Å². The van der Waals surface area contributed by atoms with Gasteiger partial charge < -0.3 is 24.2 Å². The Kier molecular flexibility index (Phi) is 8.99. The normalized spacial score (nSPS) is 20.2. The zero-order chi connectivity index (χ0) is 30.6. The molecule has 43 heavy (non-hydrogen) atoms. The molecule has 5 rings (SSSR count). The second-order valence-corrected chi connectivity index (χ2v) is 12.3. The van der Waals surface area contributed by atoms with Crippen LogP contribution in [0.5, 0.6) is 0 Å². The van der Waals surface area contributed by atoms with Crippen LogP contribution in [0.3, 0.4) is 0 Å². The van der Waals surface area contributed by atoms with E-state index < -0.39 is 11.6 Å². The number of hydrogen-bond donors (Lipinski definition) is 1. The molecular weight excluding hydrogens is 544 g/mol. The van der Waals surface area contributed by atoms with Crippen molar-refractivity contribution in [2.75, 3.05) is 19.6 Å². The number of ether oxygens (including phenoxy) is 1. The van der Waals surface area contributed by atoms with E-state index in [2.05, 4.69) is 0 Å². The molecule has 3 aromatic rings. The van der Waals surface area contributed by atoms with Gasteiger partial charge in [0.05, 0.1) is 24.1 Å². The molecule has 1 aliphatic carbocycles. The van der Waals surface area contributed by atoms with Crippen LogP contribution in [-0.4, -0.2) is 73.7 Å². The van der Waals surface area contributed by atoms with Crippen molar-refractivity contribution in [2.24, 2.45) is 0 Å². The number of nitrogens with zero attached hydrogens (tertiary/aromatic N) is 4. The lowest BCUT2D eigenvalue weighted by molar-refractivity contribution is -0.131. The predicted octanol–water partition coefficient (Wildman–Crippen LogP) is 5.98. The molecule has 1 saturated heterocycles. The fraction of sp³-hybridized carbons (Fsp3) is 0.412. The lowest BCUT2D eigenvalue weighted by Gasteiger charge is -2.41. The van der Waals surface area contributed by atoms with Crippen molar-refractivity contribution in [3.63, 3.8) is 0 Å². The number of carbonyl (C=O) groups is 3. The Balaban J connectivity index is 1.52. The Morgan fingerprint density at radius 2 is 1.70 bits per heavy atom. The summed E-state index contributed by atoms with van der Waals surface area (Å²) in [6, 6.07) is 19.1. The third-order valence-corrected chi connectivity index (χ3v) is 8.02. The minimum absolute atomic E-state index is 0.196. The number of rotatable bonds is 6. The van der Waals surface area contributed by atoms with E-state index in [4.69, 9.17) is 9.72 Å². The summed E-state index contributed by atoms with van der Waals surface area (Å²) in [5, 5.41) is 9.55. The first-order valence-corrected chi connectivity index (χ1v) is 15.0. The van der Waals surface area contributed by atoms with Crippen LogP contribution in [0, 0.1) is 0 Å². The SMILES string of the molecule is CC(C)(C)OC(=O)N1CCN(C(=O)c2ncn([C@H]3CCCC/C3=C\C(=O)O)c2-c2ccccc2)[C@H](Cc2ccccc2)C1. The molecule has 0 spiro atoms. The molecule has 2 heterocycles. The lowest BCUT2D eigenvalue weighted by atomic mass is 9.89. The molecule has 2 aromatic carbocycles. The molecule has 9 nitrogen and oxygen atoms in total. The smallest absolute Gasteiger partial charge is 0.410 e. The van der Waals surface area contributed by atoms with E-state index in [1.165, 1.54) is 6.08 Å². The summed E-state index contributed by atoms with van der Waals surface area (Å²) in [7, 11) is 0. The van der Waals surface area contributed by atoms with Crippen molar-refractivity contribution in [3.05, 3.63) is 89.9 Å². The minimum Gasteiger partial charge on any atom is -0.478 e. The first kappa shape index (κ1) is 30.1. The van der Waals surface area contributed by atoms with Crippen LogP contribution in [0.2, 0.25) is 0 Å². The average molecular weight is 585 g/mol. The number of allylic oxidation sites excluding steroid dienone is 1. The minimum atomic E-state index is -0.966. The molecule has 226 valence electrons. The van der Waals surface area contributed by atoms with Gasteiger partial charge in [-0.1, -0.05) is 67.1 Å². The maximum Gasteiger partial charge on any atom is 0.410 e. The molecule has 2 fully saturated rings. The summed E-state index contributed by atoms with van der Waals surface area (Å²) in [6.07, 6.45) is 6.54. The summed E-state index contributed by atoms with van der Waals surface area (Å²) in [5.41, 5.74) is 3.13. The van der Waals surface area contributed by atoms with Gasteiger partial charge >= 0.3 is 12.1 Å². The topological polar surface area (TPSA) is 105 Å². The highest BCUT2D eigenvalue weighted by molar-refractivity contribution is 5.98. The molecule has 0 unspecified atom stereocenters. The molecule has 1 N–H and O–H groups in total. The number of hydrogen-bond acceptors (Lipinski definition) is 5. The first-order chi connectivity index (χ1) is 20.6. The summed E-state index contributed by atoms with van der Waals surface area (Å²) >= 11 is 0. The van der Waals surface area contributed by atoms with Crippen LogP contribution >= 0.6 is 0 Å². The highest BCUT2D eigenvalue weighted by Crippen LogP contribution is 2.38. The maximum absolute atomic E-state index is 14.5. The molecule has 1 saturated carbocycles. The Labute approximate surface area is 252 Å². The average Bonchev–Trinajstić information content (AvgIpc) is 3.42. The maximum atomic E-state index is 14.5. The van der Waals surface area contributed by atoms with Gasteiger partial charge in [0.1, 0.15) is 5.60 Å². The Morgan fingerprint density at radius 3 is 2.37 bits per heavy atom. The van der Waals surface area contributed by atoms with Gasteiger partial charge in [0.25, 0.3) is 5.91 Å². The number of carbonyl (C=O) groups excluding carboxylic acids is 2. The van der Waals surface area contributed by atoms with Crippen molar-refractivity contribution < 1.29 is 24.2 Å². The molecule has 0 radical (unpaired) electrons. The Morgan fingerprint density at radius 1 is 1.00 bits per heavy atom. The summed E-state index contributed by atoms with van der Waals surface area (Å²) < 4.78 is 7.65. The van der Waals surface area contributed by atoms with Gasteiger partial charge in [-0.2, -0.15) is 0 Å². The summed E-state index contributed by atoms with van der Waals surface area (Å²) in [5.74, 6) is -1.17. The number of amides is 2. The van der Waals surface area contributed by atoms with Crippen molar-refractivity contribution >= 4 is 18.0 Å². The molecule has 1 aliphatic heterocycles. The number of benzene rings is 2. The highest BCUT2D eigenvalue weighted by Gasteiger charge is 2.37. The van der Waals surface area contributed by atoms with Crippen LogP contribution in [0.1, 0.15) is 68.5 Å². The number of piperazine rings is 1. The molecule has 0 bridgehead atoms. The zero-order valence-electron chi connectivity index (χ0n) is 25.1. The van der Waals surface area contributed by atoms with Crippen LogP contribution in [0.15, 0.2) is 78.6 Å². The van der Waals surface area contributed by atoms with Gasteiger partial charge in [-0.15, -0.1) is 0 Å². The van der Waals surface area contributed by atoms with Gasteiger partial charge in [-0.25, -0.2) is 14.6 Å². The Bertz CT molecular complexity index is 1480. The van der Waals surface area contributed by atoms with E-state index in [1.807, 2.05) is 90.9 Å². The van der Waals surface area contributed by atoms with Gasteiger partial charge in [0.2, 0.25) is 0 Å². The van der Waals surface area contributed by atoms with E-state index in [1.54, 1.807) is 11.2 Å². The number of aromatic nitrogens is 2. The third-order valence-electron chi connectivity index (χ3n) is 8.02. The standard InChI is InChI=1S/C34H40N4O5/c1-34(2,3)43-33(42)36-18-19-37(27(22-36)20-24-12-6-4-7-13-24)32(41)30-31(25-14-8-5-9-15-25)38(23-35-30)28-17-11-10-16-26(28)21-29(39)40/h4-9,12-15,21,23,27-28H,10-11,16-20,22H2,1-3H3,(H,39,40)/b26-21+/t27-,28+/m1/s1. The number of carboxylic acid groups (broad SMARTS) is 1. The lowest BCUT2D eigenvalue weighted by Crippen LogP contribution is -2.58. The number of aliphatic carboxylic acids is 1. The van der Waals surface area contributed by atoms with E-state index in [0.29, 0.717) is 43.9 Å². The molecule has 1 aromatic heterocycles. The van der Waals surface area contributed by atoms with E-state index in [9.17, 15) is 19.5 Å². The second kappa shape index (κ2) is 12.9. The number of carboxylic acids is 1. The largest absolute Gasteiger partial charge is 0.478 e. The van der Waals surface area contributed by atoms with Crippen LogP contribution in [-0.2, 0) is 16.0 Å².